The zero-order valence-corrected chi connectivity index (χ0v) is 12.0. The summed E-state index contributed by atoms with van der Waals surface area (Å²) in [6.07, 6.45) is 0.979. The van der Waals surface area contributed by atoms with Crippen molar-refractivity contribution in [1.82, 2.24) is 10.6 Å². The second-order valence-corrected chi connectivity index (χ2v) is 4.74. The van der Waals surface area contributed by atoms with Crippen LogP contribution in [0.25, 0.3) is 0 Å². The summed E-state index contributed by atoms with van der Waals surface area (Å²) in [5.41, 5.74) is 1.43. The first kappa shape index (κ1) is 16.2. The number of aliphatic hydroxyl groups is 1. The van der Waals surface area contributed by atoms with Gasteiger partial charge in [-0.3, -0.25) is 9.59 Å². The molecule has 0 heterocycles. The Bertz CT molecular complexity index is 460. The molecule has 3 N–H and O–H groups in total. The molecule has 20 heavy (non-hydrogen) atoms. The van der Waals surface area contributed by atoms with Gasteiger partial charge in [-0.05, 0) is 25.0 Å². The molecular weight excluding hydrogens is 256 g/mol. The Morgan fingerprint density at radius 3 is 2.60 bits per heavy atom. The topological polar surface area (TPSA) is 78.4 Å². The van der Waals surface area contributed by atoms with Gasteiger partial charge in [-0.1, -0.05) is 31.5 Å². The Labute approximate surface area is 119 Å². The molecule has 0 fully saturated rings. The molecule has 0 saturated carbocycles. The molecule has 1 atom stereocenters. The first-order chi connectivity index (χ1) is 9.54. The maximum Gasteiger partial charge on any atom is 0.251 e. The summed E-state index contributed by atoms with van der Waals surface area (Å²) in [6, 6.07) is 7.20. The fourth-order valence-corrected chi connectivity index (χ4v) is 1.81. The molecule has 110 valence electrons. The van der Waals surface area contributed by atoms with E-state index in [-0.39, 0.29) is 24.9 Å². The number of aryl methyl sites for hydroxylation is 1. The number of carbonyl (C=O) groups excluding carboxylic acids is 2. The third-order valence-corrected chi connectivity index (χ3v) is 2.96. The van der Waals surface area contributed by atoms with Crippen molar-refractivity contribution in [2.24, 2.45) is 0 Å². The minimum Gasteiger partial charge on any atom is -0.391 e. The normalized spacial score (nSPS) is 11.8. The number of aliphatic hydroxyl groups excluding tert-OH is 1. The maximum absolute atomic E-state index is 11.9. The van der Waals surface area contributed by atoms with Gasteiger partial charge in [0.1, 0.15) is 0 Å². The number of nitrogens with one attached hydrogen (secondary N) is 2. The third kappa shape index (κ3) is 5.40. The van der Waals surface area contributed by atoms with Crippen LogP contribution in [0, 0.1) is 6.92 Å². The zero-order chi connectivity index (χ0) is 15.0. The molecular formula is C15H22N2O3. The molecule has 1 rings (SSSR count). The van der Waals surface area contributed by atoms with Crippen LogP contribution in [-0.4, -0.2) is 36.1 Å². The summed E-state index contributed by atoms with van der Waals surface area (Å²) in [5.74, 6) is -0.575. The predicted molar refractivity (Wildman–Crippen MR) is 77.4 cm³/mol. The highest BCUT2D eigenvalue weighted by molar-refractivity contribution is 5.97. The first-order valence-corrected chi connectivity index (χ1v) is 6.83. The highest BCUT2D eigenvalue weighted by atomic mass is 16.3. The number of hydrogen-bond acceptors (Lipinski definition) is 3. The second-order valence-electron chi connectivity index (χ2n) is 4.74. The van der Waals surface area contributed by atoms with Crippen molar-refractivity contribution in [3.05, 3.63) is 35.4 Å². The number of rotatable bonds is 7. The molecule has 0 saturated heterocycles. The summed E-state index contributed by atoms with van der Waals surface area (Å²) in [5, 5.41) is 14.6. The van der Waals surface area contributed by atoms with Crippen LogP contribution in [0.3, 0.4) is 0 Å². The first-order valence-electron chi connectivity index (χ1n) is 6.83. The van der Waals surface area contributed by atoms with Gasteiger partial charge in [-0.15, -0.1) is 0 Å². The van der Waals surface area contributed by atoms with Gasteiger partial charge < -0.3 is 15.7 Å². The van der Waals surface area contributed by atoms with Crippen molar-refractivity contribution in [1.29, 1.82) is 0 Å². The summed E-state index contributed by atoms with van der Waals surface area (Å²) in [7, 11) is 0. The van der Waals surface area contributed by atoms with Gasteiger partial charge in [0.05, 0.1) is 12.6 Å². The molecule has 1 unspecified atom stereocenters. The average Bonchev–Trinajstić information content (AvgIpc) is 2.43. The number of benzene rings is 1. The lowest BCUT2D eigenvalue weighted by Gasteiger charge is -2.11. The van der Waals surface area contributed by atoms with Crippen molar-refractivity contribution in [3.8, 4) is 0 Å². The van der Waals surface area contributed by atoms with Gasteiger partial charge in [-0.2, -0.15) is 0 Å². The van der Waals surface area contributed by atoms with E-state index in [0.29, 0.717) is 12.0 Å². The smallest absolute Gasteiger partial charge is 0.251 e. The van der Waals surface area contributed by atoms with E-state index < -0.39 is 6.10 Å². The summed E-state index contributed by atoms with van der Waals surface area (Å²) in [4.78, 5) is 23.4. The van der Waals surface area contributed by atoms with Crippen molar-refractivity contribution >= 4 is 11.8 Å². The fourth-order valence-electron chi connectivity index (χ4n) is 1.81. The lowest BCUT2D eigenvalue weighted by atomic mass is 10.1. The molecule has 5 nitrogen and oxygen atoms in total. The van der Waals surface area contributed by atoms with Gasteiger partial charge in [-0.25, -0.2) is 0 Å². The average molecular weight is 278 g/mol. The Hall–Kier alpha value is -1.88. The molecule has 0 aromatic heterocycles. The quantitative estimate of drug-likeness (QED) is 0.696. The molecule has 2 amide bonds. The van der Waals surface area contributed by atoms with E-state index in [9.17, 15) is 14.7 Å². The van der Waals surface area contributed by atoms with Crippen LogP contribution < -0.4 is 10.6 Å². The highest BCUT2D eigenvalue weighted by Gasteiger charge is 2.10. The third-order valence-electron chi connectivity index (χ3n) is 2.96. The molecule has 0 aliphatic heterocycles. The Morgan fingerprint density at radius 2 is 1.95 bits per heavy atom. The van der Waals surface area contributed by atoms with E-state index in [2.05, 4.69) is 10.6 Å². The van der Waals surface area contributed by atoms with Gasteiger partial charge in [0, 0.05) is 12.1 Å². The number of amides is 2. The standard InChI is InChI=1S/C15H22N2O3/c1-3-6-12(18)9-16-14(19)10-17-15(20)13-8-5-4-7-11(13)2/h4-5,7-8,12,18H,3,6,9-10H2,1-2H3,(H,16,19)(H,17,20). The van der Waals surface area contributed by atoms with Gasteiger partial charge in [0.2, 0.25) is 5.91 Å². The van der Waals surface area contributed by atoms with E-state index in [1.54, 1.807) is 12.1 Å². The van der Waals surface area contributed by atoms with Crippen LogP contribution in [0.4, 0.5) is 0 Å². The number of carbonyl (C=O) groups is 2. The second kappa shape index (κ2) is 8.32. The summed E-state index contributed by atoms with van der Waals surface area (Å²) in [6.45, 7) is 3.93. The van der Waals surface area contributed by atoms with E-state index in [1.807, 2.05) is 26.0 Å². The lowest BCUT2D eigenvalue weighted by molar-refractivity contribution is -0.120. The Morgan fingerprint density at radius 1 is 1.25 bits per heavy atom. The van der Waals surface area contributed by atoms with Crippen LogP contribution in [0.1, 0.15) is 35.7 Å². The zero-order valence-electron chi connectivity index (χ0n) is 12.0. The molecule has 0 aliphatic carbocycles. The molecule has 5 heteroatoms. The van der Waals surface area contributed by atoms with Crippen LogP contribution in [0.5, 0.6) is 0 Å². The van der Waals surface area contributed by atoms with Gasteiger partial charge >= 0.3 is 0 Å². The van der Waals surface area contributed by atoms with Crippen LogP contribution in [-0.2, 0) is 4.79 Å². The summed E-state index contributed by atoms with van der Waals surface area (Å²) < 4.78 is 0. The molecule has 1 aromatic rings. The molecule has 0 radical (unpaired) electrons. The Kier molecular flexibility index (Phi) is 6.73. The Balaban J connectivity index is 2.34. The van der Waals surface area contributed by atoms with E-state index >= 15 is 0 Å². The maximum atomic E-state index is 11.9. The monoisotopic (exact) mass is 278 g/mol. The van der Waals surface area contributed by atoms with Crippen LogP contribution >= 0.6 is 0 Å². The van der Waals surface area contributed by atoms with Crippen molar-refractivity contribution in [2.75, 3.05) is 13.1 Å². The lowest BCUT2D eigenvalue weighted by Crippen LogP contribution is -2.40. The largest absolute Gasteiger partial charge is 0.391 e. The summed E-state index contributed by atoms with van der Waals surface area (Å²) >= 11 is 0. The fraction of sp³-hybridized carbons (Fsp3) is 0.467. The van der Waals surface area contributed by atoms with Crippen LogP contribution in [0.15, 0.2) is 24.3 Å². The molecule has 0 bridgehead atoms. The van der Waals surface area contributed by atoms with Gasteiger partial charge in [0.15, 0.2) is 0 Å². The SMILES string of the molecule is CCCC(O)CNC(=O)CNC(=O)c1ccccc1C. The minimum atomic E-state index is -0.531. The minimum absolute atomic E-state index is 0.0913. The highest BCUT2D eigenvalue weighted by Crippen LogP contribution is 2.05. The van der Waals surface area contributed by atoms with Crippen molar-refractivity contribution in [3.63, 3.8) is 0 Å². The van der Waals surface area contributed by atoms with Crippen LogP contribution in [0.2, 0.25) is 0 Å². The number of hydrogen-bond donors (Lipinski definition) is 3. The predicted octanol–water partition coefficient (Wildman–Crippen LogP) is 1.00. The van der Waals surface area contributed by atoms with E-state index in [0.717, 1.165) is 12.0 Å². The molecule has 0 spiro atoms. The van der Waals surface area contributed by atoms with Gasteiger partial charge in [0.25, 0.3) is 5.91 Å². The molecule has 0 aliphatic rings. The molecule has 1 aromatic carbocycles. The van der Waals surface area contributed by atoms with Crippen molar-refractivity contribution < 1.29 is 14.7 Å². The van der Waals surface area contributed by atoms with E-state index in [1.165, 1.54) is 0 Å². The van der Waals surface area contributed by atoms with Crippen molar-refractivity contribution in [2.45, 2.75) is 32.8 Å². The van der Waals surface area contributed by atoms with E-state index in [4.69, 9.17) is 0 Å².